The van der Waals surface area contributed by atoms with E-state index < -0.39 is 0 Å². The second-order valence-corrected chi connectivity index (χ2v) is 3.61. The van der Waals surface area contributed by atoms with Gasteiger partial charge in [-0.05, 0) is 26.0 Å². The van der Waals surface area contributed by atoms with Crippen LogP contribution in [0.5, 0.6) is 0 Å². The predicted octanol–water partition coefficient (Wildman–Crippen LogP) is 5.22. The summed E-state index contributed by atoms with van der Waals surface area (Å²) in [6.07, 6.45) is 3.27. The lowest BCUT2D eigenvalue weighted by molar-refractivity contribution is 0.102. The maximum atomic E-state index is 11.6. The molecule has 1 amide bonds. The normalized spacial score (nSPS) is 7.91. The highest BCUT2D eigenvalue weighted by Crippen LogP contribution is 2.07. The third-order valence-electron chi connectivity index (χ3n) is 1.98. The van der Waals surface area contributed by atoms with Crippen LogP contribution in [0.3, 0.4) is 0 Å². The van der Waals surface area contributed by atoms with E-state index in [0.717, 1.165) is 11.5 Å². The summed E-state index contributed by atoms with van der Waals surface area (Å²) >= 11 is 0. The van der Waals surface area contributed by atoms with E-state index in [1.54, 1.807) is 13.0 Å². The fraction of sp³-hybridized carbons (Fsp3) is 0.333. The number of allylic oxidation sites excluding steroid dienone is 1. The molecule has 2 rings (SSSR count). The Labute approximate surface area is 134 Å². The fourth-order valence-electron chi connectivity index (χ4n) is 1.26. The van der Waals surface area contributed by atoms with Crippen molar-refractivity contribution in [1.29, 1.82) is 0 Å². The SMILES string of the molecule is C=CC.CC.CC.Cc1ncc(C(=O)Nc2ccccc2)[nH]1. The number of H-pyrrole nitrogens is 1. The van der Waals surface area contributed by atoms with Crippen LogP contribution in [-0.2, 0) is 0 Å². The summed E-state index contributed by atoms with van der Waals surface area (Å²) in [6, 6.07) is 9.31. The minimum atomic E-state index is -0.179. The molecule has 0 unspecified atom stereocenters. The number of amides is 1. The van der Waals surface area contributed by atoms with Gasteiger partial charge in [0.1, 0.15) is 11.5 Å². The molecule has 2 N–H and O–H groups in total. The quantitative estimate of drug-likeness (QED) is 0.748. The molecule has 0 saturated carbocycles. The van der Waals surface area contributed by atoms with Gasteiger partial charge in [0.25, 0.3) is 5.91 Å². The number of nitrogens with zero attached hydrogens (tertiary/aromatic N) is 1. The van der Waals surface area contributed by atoms with E-state index in [0.29, 0.717) is 5.69 Å². The highest BCUT2D eigenvalue weighted by Gasteiger charge is 2.07. The average molecular weight is 303 g/mol. The number of benzene rings is 1. The lowest BCUT2D eigenvalue weighted by Crippen LogP contribution is -2.12. The molecule has 0 fully saturated rings. The first-order valence-electron chi connectivity index (χ1n) is 7.62. The Hall–Kier alpha value is -2.36. The van der Waals surface area contributed by atoms with Crippen LogP contribution >= 0.6 is 0 Å². The van der Waals surface area contributed by atoms with Gasteiger partial charge < -0.3 is 10.3 Å². The van der Waals surface area contributed by atoms with Crippen molar-refractivity contribution in [1.82, 2.24) is 9.97 Å². The van der Waals surface area contributed by atoms with Crippen molar-refractivity contribution in [3.8, 4) is 0 Å². The Morgan fingerprint density at radius 2 is 1.68 bits per heavy atom. The second kappa shape index (κ2) is 15.0. The minimum absolute atomic E-state index is 0.179. The number of aromatic nitrogens is 2. The van der Waals surface area contributed by atoms with E-state index in [9.17, 15) is 4.79 Å². The lowest BCUT2D eigenvalue weighted by Gasteiger charge is -2.01. The Balaban J connectivity index is 0. The van der Waals surface area contributed by atoms with Crippen LogP contribution in [0.2, 0.25) is 0 Å². The van der Waals surface area contributed by atoms with Crippen molar-refractivity contribution >= 4 is 11.6 Å². The van der Waals surface area contributed by atoms with Crippen LogP contribution in [0.15, 0.2) is 49.2 Å². The van der Waals surface area contributed by atoms with Gasteiger partial charge in [-0.25, -0.2) is 4.98 Å². The number of nitrogens with one attached hydrogen (secondary N) is 2. The summed E-state index contributed by atoms with van der Waals surface area (Å²) in [7, 11) is 0. The van der Waals surface area contributed by atoms with Crippen molar-refractivity contribution < 1.29 is 4.79 Å². The van der Waals surface area contributed by atoms with Crippen LogP contribution in [0.4, 0.5) is 5.69 Å². The monoisotopic (exact) mass is 303 g/mol. The molecule has 2 aromatic rings. The number of carbonyl (C=O) groups excluding carboxylic acids is 1. The molecular weight excluding hydrogens is 274 g/mol. The summed E-state index contributed by atoms with van der Waals surface area (Å²) in [5.74, 6) is 0.551. The number of carbonyl (C=O) groups is 1. The van der Waals surface area contributed by atoms with Crippen LogP contribution in [0, 0.1) is 6.92 Å². The zero-order valence-electron chi connectivity index (χ0n) is 14.6. The van der Waals surface area contributed by atoms with Gasteiger partial charge in [-0.1, -0.05) is 52.0 Å². The Morgan fingerprint density at radius 1 is 1.18 bits per heavy atom. The minimum Gasteiger partial charge on any atom is -0.338 e. The molecule has 0 saturated heterocycles. The zero-order valence-corrected chi connectivity index (χ0v) is 14.6. The molecule has 0 aliphatic carbocycles. The number of rotatable bonds is 2. The first kappa shape index (κ1) is 21.9. The van der Waals surface area contributed by atoms with Crippen molar-refractivity contribution in [3.63, 3.8) is 0 Å². The van der Waals surface area contributed by atoms with Crippen LogP contribution in [0.25, 0.3) is 0 Å². The summed E-state index contributed by atoms with van der Waals surface area (Å²) in [5, 5.41) is 2.76. The molecule has 0 aliphatic rings. The molecule has 0 aliphatic heterocycles. The number of anilines is 1. The third-order valence-corrected chi connectivity index (χ3v) is 1.98. The lowest BCUT2D eigenvalue weighted by atomic mass is 10.3. The summed E-state index contributed by atoms with van der Waals surface area (Å²) < 4.78 is 0. The predicted molar refractivity (Wildman–Crippen MR) is 96.3 cm³/mol. The smallest absolute Gasteiger partial charge is 0.273 e. The van der Waals surface area contributed by atoms with Crippen molar-refractivity contribution in [2.75, 3.05) is 5.32 Å². The molecule has 122 valence electrons. The Morgan fingerprint density at radius 3 is 2.09 bits per heavy atom. The van der Waals surface area contributed by atoms with Gasteiger partial charge in [0.05, 0.1) is 6.20 Å². The van der Waals surface area contributed by atoms with Gasteiger partial charge in [0, 0.05) is 5.69 Å². The molecule has 4 nitrogen and oxygen atoms in total. The fourth-order valence-corrected chi connectivity index (χ4v) is 1.26. The van der Waals surface area contributed by atoms with Crippen molar-refractivity contribution in [2.24, 2.45) is 0 Å². The van der Waals surface area contributed by atoms with Crippen LogP contribution in [-0.4, -0.2) is 15.9 Å². The van der Waals surface area contributed by atoms with Gasteiger partial charge in [-0.3, -0.25) is 4.79 Å². The molecule has 0 radical (unpaired) electrons. The average Bonchev–Trinajstić information content (AvgIpc) is 3.00. The van der Waals surface area contributed by atoms with Gasteiger partial charge in [0.2, 0.25) is 0 Å². The number of imidazole rings is 1. The first-order chi connectivity index (χ1) is 10.7. The number of para-hydroxylation sites is 1. The highest BCUT2D eigenvalue weighted by molar-refractivity contribution is 6.02. The molecule has 0 atom stereocenters. The molecule has 0 spiro atoms. The molecule has 0 bridgehead atoms. The highest BCUT2D eigenvalue weighted by atomic mass is 16.1. The number of hydrogen-bond acceptors (Lipinski definition) is 2. The number of hydrogen-bond donors (Lipinski definition) is 2. The largest absolute Gasteiger partial charge is 0.338 e. The first-order valence-corrected chi connectivity index (χ1v) is 7.62. The van der Waals surface area contributed by atoms with E-state index in [4.69, 9.17) is 0 Å². The van der Waals surface area contributed by atoms with E-state index in [-0.39, 0.29) is 5.91 Å². The Kier molecular flexibility index (Phi) is 15.0. The summed E-state index contributed by atoms with van der Waals surface area (Å²) in [6.45, 7) is 15.1. The Bertz CT molecular complexity index is 504. The van der Waals surface area contributed by atoms with E-state index in [1.807, 2.05) is 65.0 Å². The van der Waals surface area contributed by atoms with Crippen LogP contribution in [0.1, 0.15) is 50.9 Å². The maximum absolute atomic E-state index is 11.6. The number of aryl methyl sites for hydroxylation is 1. The maximum Gasteiger partial charge on any atom is 0.273 e. The summed E-state index contributed by atoms with van der Waals surface area (Å²) in [4.78, 5) is 18.5. The zero-order chi connectivity index (χ0) is 17.4. The van der Waals surface area contributed by atoms with Gasteiger partial charge in [-0.2, -0.15) is 0 Å². The standard InChI is InChI=1S/C11H11N3O.C3H6.2C2H6/c1-8-12-7-10(13-8)11(15)14-9-5-3-2-4-6-9;1-3-2;2*1-2/h2-7H,1H3,(H,12,13)(H,14,15);3H,1H2,2H3;2*1-2H3. The summed E-state index contributed by atoms with van der Waals surface area (Å²) in [5.41, 5.74) is 1.24. The molecule has 1 aromatic heterocycles. The van der Waals surface area contributed by atoms with Crippen molar-refractivity contribution in [3.05, 3.63) is 60.7 Å². The van der Waals surface area contributed by atoms with E-state index in [2.05, 4.69) is 21.9 Å². The molecule has 22 heavy (non-hydrogen) atoms. The van der Waals surface area contributed by atoms with Crippen molar-refractivity contribution in [2.45, 2.75) is 41.5 Å². The number of aromatic amines is 1. The van der Waals surface area contributed by atoms with Crippen LogP contribution < -0.4 is 5.32 Å². The molecule has 4 heteroatoms. The van der Waals surface area contributed by atoms with E-state index in [1.165, 1.54) is 6.20 Å². The van der Waals surface area contributed by atoms with E-state index >= 15 is 0 Å². The topological polar surface area (TPSA) is 57.8 Å². The second-order valence-electron chi connectivity index (χ2n) is 3.61. The third kappa shape index (κ3) is 9.53. The van der Waals surface area contributed by atoms with Gasteiger partial charge >= 0.3 is 0 Å². The molecule has 1 aromatic carbocycles. The molecular formula is C18H29N3O. The molecule has 1 heterocycles. The van der Waals surface area contributed by atoms with Gasteiger partial charge in [-0.15, -0.1) is 6.58 Å². The van der Waals surface area contributed by atoms with Gasteiger partial charge in [0.15, 0.2) is 0 Å².